The van der Waals surface area contributed by atoms with Gasteiger partial charge in [0.15, 0.2) is 0 Å². The normalized spacial score (nSPS) is 11.1. The topological polar surface area (TPSA) is 72.5 Å². The molecule has 1 N–H and O–H groups in total. The number of methoxy groups -OCH3 is 1. The van der Waals surface area contributed by atoms with E-state index in [1.807, 2.05) is 18.4 Å². The Hall–Kier alpha value is -1.21. The molecule has 0 aliphatic carbocycles. The Labute approximate surface area is 117 Å². The molecule has 0 saturated heterocycles. The molecule has 106 valence electrons. The van der Waals surface area contributed by atoms with Gasteiger partial charge in [-0.25, -0.2) is 8.42 Å². The molecule has 1 rings (SSSR count). The number of nitrogens with one attached hydrogen (secondary N) is 1. The monoisotopic (exact) mass is 303 g/mol. The number of hydrogen-bond acceptors (Lipinski definition) is 5. The highest BCUT2D eigenvalue weighted by atomic mass is 32.2. The maximum absolute atomic E-state index is 11.8. The van der Waals surface area contributed by atoms with Gasteiger partial charge in [0.25, 0.3) is 0 Å². The molecule has 0 saturated carbocycles. The predicted molar refractivity (Wildman–Crippen MR) is 76.9 cm³/mol. The predicted octanol–water partition coefficient (Wildman–Crippen LogP) is 2.10. The van der Waals surface area contributed by atoms with Crippen molar-refractivity contribution in [3.63, 3.8) is 0 Å². The number of thioether (sulfide) groups is 1. The van der Waals surface area contributed by atoms with Crippen LogP contribution in [0.2, 0.25) is 0 Å². The van der Waals surface area contributed by atoms with Crippen LogP contribution in [-0.2, 0) is 19.6 Å². The fourth-order valence-corrected chi connectivity index (χ4v) is 2.93. The van der Waals surface area contributed by atoms with Gasteiger partial charge in [-0.3, -0.25) is 9.52 Å². The Kier molecular flexibility index (Phi) is 6.17. The third kappa shape index (κ3) is 5.98. The summed E-state index contributed by atoms with van der Waals surface area (Å²) in [4.78, 5) is 12.0. The largest absolute Gasteiger partial charge is 0.469 e. The van der Waals surface area contributed by atoms with Gasteiger partial charge in [-0.1, -0.05) is 0 Å². The SMILES string of the molecule is COC(=O)CCCS(=O)(=O)Nc1ccc(SC)cc1. The number of anilines is 1. The fourth-order valence-electron chi connectivity index (χ4n) is 1.40. The first-order chi connectivity index (χ1) is 8.96. The number of esters is 1. The highest BCUT2D eigenvalue weighted by molar-refractivity contribution is 7.98. The first-order valence-electron chi connectivity index (χ1n) is 5.68. The molecule has 0 amide bonds. The average molecular weight is 303 g/mol. The van der Waals surface area contributed by atoms with E-state index in [0.717, 1.165) is 4.90 Å². The minimum absolute atomic E-state index is 0.100. The van der Waals surface area contributed by atoms with Crippen LogP contribution in [-0.4, -0.2) is 33.5 Å². The highest BCUT2D eigenvalue weighted by Crippen LogP contribution is 2.18. The molecule has 0 heterocycles. The van der Waals surface area contributed by atoms with E-state index < -0.39 is 16.0 Å². The van der Waals surface area contributed by atoms with Crippen LogP contribution in [0, 0.1) is 0 Å². The smallest absolute Gasteiger partial charge is 0.305 e. The van der Waals surface area contributed by atoms with E-state index in [1.54, 1.807) is 23.9 Å². The second kappa shape index (κ2) is 7.40. The van der Waals surface area contributed by atoms with Crippen LogP contribution in [0.4, 0.5) is 5.69 Å². The summed E-state index contributed by atoms with van der Waals surface area (Å²) in [6.07, 6.45) is 2.29. The molecule has 0 aliphatic rings. The van der Waals surface area contributed by atoms with Crippen LogP contribution in [0.1, 0.15) is 12.8 Å². The van der Waals surface area contributed by atoms with Crippen LogP contribution >= 0.6 is 11.8 Å². The molecule has 7 heteroatoms. The number of carbonyl (C=O) groups is 1. The summed E-state index contributed by atoms with van der Waals surface area (Å²) in [7, 11) is -2.14. The molecular formula is C12H17NO4S2. The van der Waals surface area contributed by atoms with Gasteiger partial charge in [0.05, 0.1) is 12.9 Å². The van der Waals surface area contributed by atoms with Crippen LogP contribution in [0.3, 0.4) is 0 Å². The summed E-state index contributed by atoms with van der Waals surface area (Å²) < 4.78 is 30.4. The third-order valence-corrected chi connectivity index (χ3v) is 4.50. The number of benzene rings is 1. The summed E-state index contributed by atoms with van der Waals surface area (Å²) >= 11 is 1.59. The van der Waals surface area contributed by atoms with Crippen LogP contribution < -0.4 is 4.72 Å². The minimum Gasteiger partial charge on any atom is -0.469 e. The van der Waals surface area contributed by atoms with E-state index in [4.69, 9.17) is 0 Å². The van der Waals surface area contributed by atoms with E-state index in [2.05, 4.69) is 9.46 Å². The standard InChI is InChI=1S/C12H17NO4S2/c1-17-12(14)4-3-9-19(15,16)13-10-5-7-11(18-2)8-6-10/h5-8,13H,3-4,9H2,1-2H3. The molecular weight excluding hydrogens is 286 g/mol. The Morgan fingerprint density at radius 2 is 1.95 bits per heavy atom. The summed E-state index contributed by atoms with van der Waals surface area (Å²) in [6, 6.07) is 7.11. The lowest BCUT2D eigenvalue weighted by Crippen LogP contribution is -2.17. The van der Waals surface area contributed by atoms with Gasteiger partial charge in [0.2, 0.25) is 10.0 Å². The number of ether oxygens (including phenoxy) is 1. The van der Waals surface area contributed by atoms with Gasteiger partial charge >= 0.3 is 5.97 Å². The number of hydrogen-bond donors (Lipinski definition) is 1. The van der Waals surface area contributed by atoms with E-state index in [9.17, 15) is 13.2 Å². The lowest BCUT2D eigenvalue weighted by Gasteiger charge is -2.08. The molecule has 0 fully saturated rings. The first-order valence-corrected chi connectivity index (χ1v) is 8.56. The highest BCUT2D eigenvalue weighted by Gasteiger charge is 2.11. The second-order valence-corrected chi connectivity index (χ2v) is 6.55. The van der Waals surface area contributed by atoms with Gasteiger partial charge in [-0.2, -0.15) is 0 Å². The molecule has 5 nitrogen and oxygen atoms in total. The van der Waals surface area contributed by atoms with Crippen LogP contribution in [0.15, 0.2) is 29.2 Å². The molecule has 0 radical (unpaired) electrons. The molecule has 0 spiro atoms. The minimum atomic E-state index is -3.42. The van der Waals surface area contributed by atoms with Crippen molar-refractivity contribution in [1.29, 1.82) is 0 Å². The van der Waals surface area contributed by atoms with Crippen molar-refractivity contribution < 1.29 is 17.9 Å². The van der Waals surface area contributed by atoms with Crippen LogP contribution in [0.25, 0.3) is 0 Å². The summed E-state index contributed by atoms with van der Waals surface area (Å²) in [5.41, 5.74) is 0.524. The van der Waals surface area contributed by atoms with Gasteiger partial charge in [-0.15, -0.1) is 11.8 Å². The molecule has 0 atom stereocenters. The Balaban J connectivity index is 2.51. The Morgan fingerprint density at radius 3 is 2.47 bits per heavy atom. The Bertz CT molecular complexity index is 511. The summed E-state index contributed by atoms with van der Waals surface area (Å²) in [6.45, 7) is 0. The van der Waals surface area contributed by atoms with Crippen molar-refractivity contribution in [3.8, 4) is 0 Å². The second-order valence-electron chi connectivity index (χ2n) is 3.83. The molecule has 0 bridgehead atoms. The third-order valence-electron chi connectivity index (χ3n) is 2.39. The molecule has 1 aromatic carbocycles. The van der Waals surface area contributed by atoms with Crippen molar-refractivity contribution in [2.75, 3.05) is 23.8 Å². The van der Waals surface area contributed by atoms with Crippen molar-refractivity contribution in [2.24, 2.45) is 0 Å². The van der Waals surface area contributed by atoms with Crippen molar-refractivity contribution in [2.45, 2.75) is 17.7 Å². The van der Waals surface area contributed by atoms with E-state index in [0.29, 0.717) is 5.69 Å². The maximum Gasteiger partial charge on any atom is 0.305 e. The fraction of sp³-hybridized carbons (Fsp3) is 0.417. The molecule has 0 aromatic heterocycles. The van der Waals surface area contributed by atoms with E-state index >= 15 is 0 Å². The van der Waals surface area contributed by atoms with Gasteiger partial charge < -0.3 is 4.74 Å². The van der Waals surface area contributed by atoms with Crippen molar-refractivity contribution in [3.05, 3.63) is 24.3 Å². The average Bonchev–Trinajstić information content (AvgIpc) is 2.38. The zero-order valence-corrected chi connectivity index (χ0v) is 12.5. The van der Waals surface area contributed by atoms with Crippen molar-refractivity contribution in [1.82, 2.24) is 0 Å². The van der Waals surface area contributed by atoms with Gasteiger partial charge in [0.1, 0.15) is 0 Å². The maximum atomic E-state index is 11.8. The number of carbonyl (C=O) groups excluding carboxylic acids is 1. The zero-order valence-electron chi connectivity index (χ0n) is 10.9. The van der Waals surface area contributed by atoms with E-state index in [1.165, 1.54) is 7.11 Å². The first kappa shape index (κ1) is 15.8. The van der Waals surface area contributed by atoms with Gasteiger partial charge in [-0.05, 0) is 36.9 Å². The molecule has 1 aromatic rings. The van der Waals surface area contributed by atoms with E-state index in [-0.39, 0.29) is 18.6 Å². The molecule has 19 heavy (non-hydrogen) atoms. The number of rotatable bonds is 7. The molecule has 0 unspecified atom stereocenters. The lowest BCUT2D eigenvalue weighted by molar-refractivity contribution is -0.140. The van der Waals surface area contributed by atoms with Crippen molar-refractivity contribution >= 4 is 33.4 Å². The zero-order chi connectivity index (χ0) is 14.3. The molecule has 0 aliphatic heterocycles. The number of sulfonamides is 1. The summed E-state index contributed by atoms with van der Waals surface area (Å²) in [5, 5.41) is 0. The van der Waals surface area contributed by atoms with Gasteiger partial charge in [0, 0.05) is 17.0 Å². The lowest BCUT2D eigenvalue weighted by atomic mass is 10.3. The quantitative estimate of drug-likeness (QED) is 0.617. The van der Waals surface area contributed by atoms with Crippen LogP contribution in [0.5, 0.6) is 0 Å². The Morgan fingerprint density at radius 1 is 1.32 bits per heavy atom. The summed E-state index contributed by atoms with van der Waals surface area (Å²) in [5.74, 6) is -0.508.